The van der Waals surface area contributed by atoms with Crippen molar-refractivity contribution in [2.75, 3.05) is 6.54 Å². The summed E-state index contributed by atoms with van der Waals surface area (Å²) in [4.78, 5) is 4.10. The van der Waals surface area contributed by atoms with Gasteiger partial charge in [0.1, 0.15) is 0 Å². The molecular weight excluding hydrogens is 261 g/mol. The number of ether oxygens (including phenoxy) is 1. The van der Waals surface area contributed by atoms with Gasteiger partial charge in [-0.1, -0.05) is 25.1 Å². The Kier molecular flexibility index (Phi) is 5.06. The summed E-state index contributed by atoms with van der Waals surface area (Å²) in [5.74, 6) is 0.760. The smallest absolute Gasteiger partial charge is 0.226 e. The van der Waals surface area contributed by atoms with E-state index in [-0.39, 0.29) is 18.2 Å². The van der Waals surface area contributed by atoms with Gasteiger partial charge in [-0.15, -0.1) is 0 Å². The van der Waals surface area contributed by atoms with Gasteiger partial charge in [-0.2, -0.15) is 4.98 Å². The van der Waals surface area contributed by atoms with Crippen LogP contribution in [-0.2, 0) is 19.6 Å². The van der Waals surface area contributed by atoms with Crippen molar-refractivity contribution < 1.29 is 13.7 Å². The Morgan fingerprint density at radius 1 is 1.35 bits per heavy atom. The van der Waals surface area contributed by atoms with Gasteiger partial charge in [0.25, 0.3) is 0 Å². The van der Waals surface area contributed by atoms with Crippen molar-refractivity contribution >= 4 is 0 Å². The van der Waals surface area contributed by atoms with E-state index in [0.29, 0.717) is 24.7 Å². The zero-order chi connectivity index (χ0) is 14.4. The summed E-state index contributed by atoms with van der Waals surface area (Å²) in [6, 6.07) is 4.91. The van der Waals surface area contributed by atoms with Gasteiger partial charge in [-0.05, 0) is 24.2 Å². The fourth-order valence-electron chi connectivity index (χ4n) is 1.68. The molecule has 0 amide bonds. The minimum Gasteiger partial charge on any atom is -0.482 e. The third-order valence-corrected chi connectivity index (χ3v) is 2.74. The monoisotopic (exact) mass is 279 g/mol. The molecular formula is C14H18FN3O2. The molecule has 0 aliphatic rings. The topological polar surface area (TPSA) is 60.2 Å². The predicted octanol–water partition coefficient (Wildman–Crippen LogP) is 2.46. The number of aryl methyl sites for hydroxylation is 1. The second-order valence-electron chi connectivity index (χ2n) is 4.29. The molecule has 0 atom stereocenters. The van der Waals surface area contributed by atoms with Gasteiger partial charge in [0.2, 0.25) is 11.7 Å². The van der Waals surface area contributed by atoms with E-state index in [1.165, 1.54) is 6.07 Å². The Hall–Kier alpha value is -1.95. The molecule has 0 radical (unpaired) electrons. The number of nitrogens with one attached hydrogen (secondary N) is 1. The highest BCUT2D eigenvalue weighted by Crippen LogP contribution is 2.19. The summed E-state index contributed by atoms with van der Waals surface area (Å²) < 4.78 is 24.1. The second kappa shape index (κ2) is 7.00. The lowest BCUT2D eigenvalue weighted by Gasteiger charge is -2.07. The molecule has 0 bridgehead atoms. The first-order valence-electron chi connectivity index (χ1n) is 6.66. The van der Waals surface area contributed by atoms with E-state index in [9.17, 15) is 4.39 Å². The Morgan fingerprint density at radius 3 is 2.85 bits per heavy atom. The SMILES string of the molecule is CCNCc1ccc(OCc2noc(CC)n2)c(F)c1. The highest BCUT2D eigenvalue weighted by Gasteiger charge is 2.08. The highest BCUT2D eigenvalue weighted by atomic mass is 19.1. The Labute approximate surface area is 117 Å². The van der Waals surface area contributed by atoms with Gasteiger partial charge in [0.15, 0.2) is 18.2 Å². The van der Waals surface area contributed by atoms with Crippen LogP contribution in [0.4, 0.5) is 4.39 Å². The molecule has 6 heteroatoms. The average Bonchev–Trinajstić information content (AvgIpc) is 2.92. The van der Waals surface area contributed by atoms with Gasteiger partial charge in [0, 0.05) is 13.0 Å². The lowest BCUT2D eigenvalue weighted by Crippen LogP contribution is -2.11. The van der Waals surface area contributed by atoms with Crippen molar-refractivity contribution in [2.45, 2.75) is 33.4 Å². The average molecular weight is 279 g/mol. The molecule has 1 N–H and O–H groups in total. The minimum atomic E-state index is -0.389. The summed E-state index contributed by atoms with van der Waals surface area (Å²) in [5, 5.41) is 6.88. The predicted molar refractivity (Wildman–Crippen MR) is 71.8 cm³/mol. The molecule has 108 valence electrons. The van der Waals surface area contributed by atoms with Crippen LogP contribution >= 0.6 is 0 Å². The summed E-state index contributed by atoms with van der Waals surface area (Å²) in [6.07, 6.45) is 0.667. The molecule has 1 heterocycles. The largest absolute Gasteiger partial charge is 0.482 e. The van der Waals surface area contributed by atoms with Gasteiger partial charge >= 0.3 is 0 Å². The molecule has 1 aromatic carbocycles. The van der Waals surface area contributed by atoms with Crippen LogP contribution in [0.1, 0.15) is 31.1 Å². The summed E-state index contributed by atoms with van der Waals surface area (Å²) in [6.45, 7) is 5.49. The van der Waals surface area contributed by atoms with E-state index in [4.69, 9.17) is 9.26 Å². The number of nitrogens with zero attached hydrogens (tertiary/aromatic N) is 2. The first kappa shape index (κ1) is 14.5. The zero-order valence-electron chi connectivity index (χ0n) is 11.6. The van der Waals surface area contributed by atoms with Crippen molar-refractivity contribution in [1.82, 2.24) is 15.5 Å². The molecule has 1 aromatic heterocycles. The van der Waals surface area contributed by atoms with E-state index in [1.54, 1.807) is 6.07 Å². The van der Waals surface area contributed by atoms with Crippen LogP contribution < -0.4 is 10.1 Å². The van der Waals surface area contributed by atoms with E-state index in [2.05, 4.69) is 15.5 Å². The molecule has 2 rings (SSSR count). The molecule has 0 aliphatic heterocycles. The summed E-state index contributed by atoms with van der Waals surface area (Å²) >= 11 is 0. The van der Waals surface area contributed by atoms with Gasteiger partial charge < -0.3 is 14.6 Å². The molecule has 0 saturated carbocycles. The summed E-state index contributed by atoms with van der Waals surface area (Å²) in [7, 11) is 0. The van der Waals surface area contributed by atoms with Crippen LogP contribution in [0, 0.1) is 5.82 Å². The second-order valence-corrected chi connectivity index (χ2v) is 4.29. The van der Waals surface area contributed by atoms with Crippen LogP contribution in [0.2, 0.25) is 0 Å². The standard InChI is InChI=1S/C14H18FN3O2/c1-3-14-17-13(18-20-14)9-19-12-6-5-10(7-11(12)15)8-16-4-2/h5-7,16H,3-4,8-9H2,1-2H3. The molecule has 5 nitrogen and oxygen atoms in total. The third-order valence-electron chi connectivity index (χ3n) is 2.74. The van der Waals surface area contributed by atoms with Crippen LogP contribution in [0.3, 0.4) is 0 Å². The molecule has 0 spiro atoms. The quantitative estimate of drug-likeness (QED) is 0.843. The number of hydrogen-bond donors (Lipinski definition) is 1. The highest BCUT2D eigenvalue weighted by molar-refractivity contribution is 5.29. The van der Waals surface area contributed by atoms with E-state index < -0.39 is 0 Å². The number of aromatic nitrogens is 2. The Bertz CT molecular complexity index is 557. The van der Waals surface area contributed by atoms with Gasteiger partial charge in [-0.3, -0.25) is 0 Å². The van der Waals surface area contributed by atoms with E-state index in [1.807, 2.05) is 19.9 Å². The fourth-order valence-corrected chi connectivity index (χ4v) is 1.68. The zero-order valence-corrected chi connectivity index (χ0v) is 11.6. The number of hydrogen-bond acceptors (Lipinski definition) is 5. The fraction of sp³-hybridized carbons (Fsp3) is 0.429. The molecule has 2 aromatic rings. The van der Waals surface area contributed by atoms with Crippen LogP contribution in [-0.4, -0.2) is 16.7 Å². The number of benzene rings is 1. The minimum absolute atomic E-state index is 0.0903. The first-order chi connectivity index (χ1) is 9.72. The number of rotatable bonds is 7. The van der Waals surface area contributed by atoms with E-state index >= 15 is 0 Å². The maximum absolute atomic E-state index is 13.8. The molecule has 20 heavy (non-hydrogen) atoms. The Morgan fingerprint density at radius 2 is 2.20 bits per heavy atom. The van der Waals surface area contributed by atoms with Crippen LogP contribution in [0.5, 0.6) is 5.75 Å². The van der Waals surface area contributed by atoms with Crippen LogP contribution in [0.15, 0.2) is 22.7 Å². The maximum Gasteiger partial charge on any atom is 0.226 e. The molecule has 0 fully saturated rings. The first-order valence-corrected chi connectivity index (χ1v) is 6.66. The van der Waals surface area contributed by atoms with Crippen molar-refractivity contribution in [3.05, 3.63) is 41.3 Å². The molecule has 0 unspecified atom stereocenters. The Balaban J connectivity index is 1.95. The van der Waals surface area contributed by atoms with Crippen molar-refractivity contribution in [1.29, 1.82) is 0 Å². The molecule has 0 aliphatic carbocycles. The van der Waals surface area contributed by atoms with Crippen LogP contribution in [0.25, 0.3) is 0 Å². The molecule has 0 saturated heterocycles. The maximum atomic E-state index is 13.8. The lowest BCUT2D eigenvalue weighted by molar-refractivity contribution is 0.272. The summed E-state index contributed by atoms with van der Waals surface area (Å²) in [5.41, 5.74) is 0.879. The van der Waals surface area contributed by atoms with Crippen molar-refractivity contribution in [3.8, 4) is 5.75 Å². The van der Waals surface area contributed by atoms with E-state index in [0.717, 1.165) is 12.1 Å². The third kappa shape index (κ3) is 3.77. The van der Waals surface area contributed by atoms with Gasteiger partial charge in [-0.25, -0.2) is 4.39 Å². The van der Waals surface area contributed by atoms with Crippen molar-refractivity contribution in [3.63, 3.8) is 0 Å². The van der Waals surface area contributed by atoms with Crippen molar-refractivity contribution in [2.24, 2.45) is 0 Å². The van der Waals surface area contributed by atoms with Gasteiger partial charge in [0.05, 0.1) is 0 Å². The normalized spacial score (nSPS) is 10.8. The number of halogens is 1. The lowest BCUT2D eigenvalue weighted by atomic mass is 10.2.